The number of carbonyl (C=O) groups excluding carboxylic acids is 2. The van der Waals surface area contributed by atoms with Crippen LogP contribution in [0.25, 0.3) is 0 Å². The van der Waals surface area contributed by atoms with Gasteiger partial charge in [0.2, 0.25) is 5.91 Å². The smallest absolute Gasteiger partial charge is 0.257 e. The number of aryl methyl sites for hydroxylation is 1. The molecule has 4 nitrogen and oxygen atoms in total. The Balaban J connectivity index is 1.73. The first kappa shape index (κ1) is 19.6. The first-order valence-electron chi connectivity index (χ1n) is 8.67. The summed E-state index contributed by atoms with van der Waals surface area (Å²) in [5, 5.41) is 3.63. The average Bonchev–Trinajstić information content (AvgIpc) is 2.64. The highest BCUT2D eigenvalue weighted by Crippen LogP contribution is 2.27. The molecule has 142 valence electrons. The van der Waals surface area contributed by atoms with Gasteiger partial charge in [-0.25, -0.2) is 4.39 Å². The van der Waals surface area contributed by atoms with Gasteiger partial charge in [0.25, 0.3) is 5.91 Å². The minimum absolute atomic E-state index is 0.0662. The predicted octanol–water partition coefficient (Wildman–Crippen LogP) is 4.93. The van der Waals surface area contributed by atoms with Gasteiger partial charge >= 0.3 is 0 Å². The van der Waals surface area contributed by atoms with Crippen LogP contribution in [0.1, 0.15) is 28.8 Å². The van der Waals surface area contributed by atoms with Crippen molar-refractivity contribution in [1.29, 1.82) is 0 Å². The number of carbonyl (C=O) groups is 2. The van der Waals surface area contributed by atoms with Crippen LogP contribution in [0.4, 0.5) is 10.1 Å². The number of halogens is 3. The van der Waals surface area contributed by atoms with Gasteiger partial charge in [-0.15, -0.1) is 0 Å². The first-order chi connectivity index (χ1) is 12.9. The summed E-state index contributed by atoms with van der Waals surface area (Å²) in [5.74, 6) is -1.56. The largest absolute Gasteiger partial charge is 0.338 e. The fourth-order valence-electron chi connectivity index (χ4n) is 3.26. The number of rotatable bonds is 3. The van der Waals surface area contributed by atoms with Gasteiger partial charge in [-0.3, -0.25) is 9.59 Å². The number of amides is 2. The zero-order valence-corrected chi connectivity index (χ0v) is 16.3. The molecule has 0 spiro atoms. The van der Waals surface area contributed by atoms with Gasteiger partial charge in [0, 0.05) is 18.1 Å². The molecular weight excluding hydrogens is 390 g/mol. The molecule has 1 aliphatic rings. The van der Waals surface area contributed by atoms with E-state index in [9.17, 15) is 14.0 Å². The minimum atomic E-state index is -0.544. The van der Waals surface area contributed by atoms with E-state index in [-0.39, 0.29) is 23.9 Å². The van der Waals surface area contributed by atoms with Crippen molar-refractivity contribution in [3.05, 3.63) is 63.4 Å². The molecule has 1 atom stereocenters. The Morgan fingerprint density at radius 1 is 1.22 bits per heavy atom. The molecule has 1 fully saturated rings. The van der Waals surface area contributed by atoms with Crippen LogP contribution in [-0.4, -0.2) is 29.8 Å². The highest BCUT2D eigenvalue weighted by atomic mass is 35.5. The summed E-state index contributed by atoms with van der Waals surface area (Å²) in [6.07, 6.45) is 1.31. The van der Waals surface area contributed by atoms with Gasteiger partial charge in [-0.1, -0.05) is 35.3 Å². The second-order valence-electron chi connectivity index (χ2n) is 6.64. The number of nitrogens with zero attached hydrogens (tertiary/aromatic N) is 1. The number of anilines is 1. The van der Waals surface area contributed by atoms with Crippen LogP contribution in [0.3, 0.4) is 0 Å². The van der Waals surface area contributed by atoms with Crippen LogP contribution < -0.4 is 5.32 Å². The van der Waals surface area contributed by atoms with Crippen molar-refractivity contribution >= 4 is 40.7 Å². The molecule has 1 aliphatic heterocycles. The lowest BCUT2D eigenvalue weighted by molar-refractivity contribution is -0.121. The van der Waals surface area contributed by atoms with Gasteiger partial charge < -0.3 is 10.2 Å². The van der Waals surface area contributed by atoms with E-state index in [2.05, 4.69) is 5.32 Å². The standard InChI is InChI=1S/C20H19Cl2FN2O2/c1-12-4-2-6-16(23)18(12)20(27)25-9-3-5-13(11-25)19(26)24-17-10-14(21)7-8-15(17)22/h2,4,6-8,10,13H,3,5,9,11H2,1H3,(H,24,26)/t13-/m0/s1. The van der Waals surface area contributed by atoms with Crippen LogP contribution >= 0.6 is 23.2 Å². The zero-order chi connectivity index (χ0) is 19.6. The van der Waals surface area contributed by atoms with Crippen molar-refractivity contribution in [2.75, 3.05) is 18.4 Å². The third-order valence-electron chi connectivity index (χ3n) is 4.70. The minimum Gasteiger partial charge on any atom is -0.338 e. The number of hydrogen-bond donors (Lipinski definition) is 1. The third kappa shape index (κ3) is 4.42. The molecule has 1 saturated heterocycles. The van der Waals surface area contributed by atoms with Crippen molar-refractivity contribution < 1.29 is 14.0 Å². The molecule has 1 heterocycles. The van der Waals surface area contributed by atoms with Crippen LogP contribution in [0, 0.1) is 18.7 Å². The summed E-state index contributed by atoms with van der Waals surface area (Å²) in [5.41, 5.74) is 1.08. The normalized spacial score (nSPS) is 16.9. The second-order valence-corrected chi connectivity index (χ2v) is 7.48. The Bertz CT molecular complexity index is 868. The summed E-state index contributed by atoms with van der Waals surface area (Å²) in [6.45, 7) is 2.43. The summed E-state index contributed by atoms with van der Waals surface area (Å²) >= 11 is 12.0. The fourth-order valence-corrected chi connectivity index (χ4v) is 3.60. The van der Waals surface area contributed by atoms with Gasteiger partial charge in [0.1, 0.15) is 5.82 Å². The molecule has 0 saturated carbocycles. The van der Waals surface area contributed by atoms with E-state index in [1.807, 2.05) is 0 Å². The number of piperidine rings is 1. The number of hydrogen-bond acceptors (Lipinski definition) is 2. The lowest BCUT2D eigenvalue weighted by atomic mass is 9.95. The molecule has 0 bridgehead atoms. The maximum atomic E-state index is 14.1. The van der Waals surface area contributed by atoms with Gasteiger partial charge in [-0.05, 0) is 49.6 Å². The van der Waals surface area contributed by atoms with E-state index in [0.29, 0.717) is 40.7 Å². The molecule has 0 aliphatic carbocycles. The van der Waals surface area contributed by atoms with Crippen molar-refractivity contribution in [2.24, 2.45) is 5.92 Å². The fraction of sp³-hybridized carbons (Fsp3) is 0.300. The highest BCUT2D eigenvalue weighted by Gasteiger charge is 2.30. The average molecular weight is 409 g/mol. The molecule has 2 aromatic carbocycles. The predicted molar refractivity (Wildman–Crippen MR) is 105 cm³/mol. The molecule has 27 heavy (non-hydrogen) atoms. The van der Waals surface area contributed by atoms with Gasteiger partial charge in [0.05, 0.1) is 22.2 Å². The summed E-state index contributed by atoms with van der Waals surface area (Å²) in [7, 11) is 0. The molecule has 0 aromatic heterocycles. The van der Waals surface area contributed by atoms with Crippen LogP contribution in [-0.2, 0) is 4.79 Å². The Morgan fingerprint density at radius 3 is 2.74 bits per heavy atom. The maximum Gasteiger partial charge on any atom is 0.257 e. The van der Waals surface area contributed by atoms with Crippen molar-refractivity contribution in [3.63, 3.8) is 0 Å². The summed E-state index contributed by atoms with van der Waals surface area (Å²) in [4.78, 5) is 27.0. The molecule has 7 heteroatoms. The third-order valence-corrected chi connectivity index (χ3v) is 5.27. The Hall–Kier alpha value is -2.11. The summed E-state index contributed by atoms with van der Waals surface area (Å²) in [6, 6.07) is 9.37. The van der Waals surface area contributed by atoms with Crippen molar-refractivity contribution in [3.8, 4) is 0 Å². The first-order valence-corrected chi connectivity index (χ1v) is 9.42. The Kier molecular flexibility index (Phi) is 6.02. The van der Waals surface area contributed by atoms with Crippen molar-refractivity contribution in [1.82, 2.24) is 4.90 Å². The SMILES string of the molecule is Cc1cccc(F)c1C(=O)N1CCC[C@H](C(=O)Nc2cc(Cl)ccc2Cl)C1. The number of likely N-dealkylation sites (tertiary alicyclic amines) is 1. The van der Waals surface area contributed by atoms with E-state index in [1.54, 1.807) is 42.2 Å². The topological polar surface area (TPSA) is 49.4 Å². The van der Waals surface area contributed by atoms with E-state index < -0.39 is 11.7 Å². The molecule has 0 radical (unpaired) electrons. The van der Waals surface area contributed by atoms with E-state index in [4.69, 9.17) is 23.2 Å². The van der Waals surface area contributed by atoms with Crippen LogP contribution in [0.5, 0.6) is 0 Å². The van der Waals surface area contributed by atoms with Crippen LogP contribution in [0.15, 0.2) is 36.4 Å². The Morgan fingerprint density at radius 2 is 2.00 bits per heavy atom. The highest BCUT2D eigenvalue weighted by molar-refractivity contribution is 6.35. The molecule has 0 unspecified atom stereocenters. The molecule has 1 N–H and O–H groups in total. The molecular formula is C20H19Cl2FN2O2. The van der Waals surface area contributed by atoms with E-state index in [1.165, 1.54) is 6.07 Å². The van der Waals surface area contributed by atoms with E-state index >= 15 is 0 Å². The second kappa shape index (κ2) is 8.28. The van der Waals surface area contributed by atoms with Gasteiger partial charge in [0.15, 0.2) is 0 Å². The van der Waals surface area contributed by atoms with Gasteiger partial charge in [-0.2, -0.15) is 0 Å². The molecule has 2 amide bonds. The lowest BCUT2D eigenvalue weighted by Gasteiger charge is -2.32. The number of nitrogens with one attached hydrogen (secondary N) is 1. The van der Waals surface area contributed by atoms with E-state index in [0.717, 1.165) is 0 Å². The number of benzene rings is 2. The Labute approximate surface area is 167 Å². The van der Waals surface area contributed by atoms with Crippen LogP contribution in [0.2, 0.25) is 10.0 Å². The monoisotopic (exact) mass is 408 g/mol. The molecule has 3 rings (SSSR count). The molecule has 2 aromatic rings. The lowest BCUT2D eigenvalue weighted by Crippen LogP contribution is -2.44. The maximum absolute atomic E-state index is 14.1. The quantitative estimate of drug-likeness (QED) is 0.782. The summed E-state index contributed by atoms with van der Waals surface area (Å²) < 4.78 is 14.1. The van der Waals surface area contributed by atoms with Crippen molar-refractivity contribution in [2.45, 2.75) is 19.8 Å². The zero-order valence-electron chi connectivity index (χ0n) is 14.8.